The van der Waals surface area contributed by atoms with Gasteiger partial charge in [0.05, 0.1) is 5.69 Å². The quantitative estimate of drug-likeness (QED) is 0.715. The van der Waals surface area contributed by atoms with E-state index in [0.29, 0.717) is 12.5 Å². The molecule has 1 aliphatic carbocycles. The highest BCUT2D eigenvalue weighted by Crippen LogP contribution is 2.34. The van der Waals surface area contributed by atoms with Crippen LogP contribution in [-0.2, 0) is 19.4 Å². The molecule has 0 aliphatic heterocycles. The highest BCUT2D eigenvalue weighted by Gasteiger charge is 2.19. The average molecular weight is 331 g/mol. The zero-order valence-corrected chi connectivity index (χ0v) is 14.4. The minimum atomic E-state index is 0.429. The topological polar surface area (TPSA) is 47.9 Å². The summed E-state index contributed by atoms with van der Waals surface area (Å²) in [5.74, 6) is 0.671. The molecule has 0 bridgehead atoms. The summed E-state index contributed by atoms with van der Waals surface area (Å²) >= 11 is 0. The van der Waals surface area contributed by atoms with Gasteiger partial charge in [0.15, 0.2) is 0 Å². The molecule has 0 radical (unpaired) electrons. The molecule has 4 nitrogen and oxygen atoms in total. The van der Waals surface area contributed by atoms with Crippen molar-refractivity contribution in [3.05, 3.63) is 71.4 Å². The summed E-state index contributed by atoms with van der Waals surface area (Å²) < 4.78 is 5.97. The summed E-state index contributed by atoms with van der Waals surface area (Å²) in [5.41, 5.74) is 6.85. The van der Waals surface area contributed by atoms with E-state index in [2.05, 4.69) is 29.0 Å². The van der Waals surface area contributed by atoms with Gasteiger partial charge in [0.25, 0.3) is 0 Å². The Kier molecular flexibility index (Phi) is 4.42. The van der Waals surface area contributed by atoms with Gasteiger partial charge in [0, 0.05) is 35.4 Å². The van der Waals surface area contributed by atoms with Gasteiger partial charge in [-0.15, -0.1) is 0 Å². The number of pyridine rings is 3. The Hall–Kier alpha value is -2.75. The van der Waals surface area contributed by atoms with Gasteiger partial charge in [-0.1, -0.05) is 12.1 Å². The molecule has 4 heteroatoms. The Bertz CT molecular complexity index is 878. The largest absolute Gasteiger partial charge is 0.471 e. The first-order valence-corrected chi connectivity index (χ1v) is 8.79. The van der Waals surface area contributed by atoms with Crippen molar-refractivity contribution in [3.63, 3.8) is 0 Å². The van der Waals surface area contributed by atoms with Crippen LogP contribution in [0.3, 0.4) is 0 Å². The minimum Gasteiger partial charge on any atom is -0.471 e. The number of aromatic nitrogens is 3. The summed E-state index contributed by atoms with van der Waals surface area (Å²) in [7, 11) is 0. The normalized spacial score (nSPS) is 13.3. The lowest BCUT2D eigenvalue weighted by molar-refractivity contribution is 0.288. The SMILES string of the molecule is Cc1ncccc1-c1cc(OCc2ccccn2)nc2c1CCCC2. The van der Waals surface area contributed by atoms with Crippen LogP contribution in [0.5, 0.6) is 5.88 Å². The van der Waals surface area contributed by atoms with E-state index in [1.807, 2.05) is 30.5 Å². The Morgan fingerprint density at radius 2 is 1.84 bits per heavy atom. The highest BCUT2D eigenvalue weighted by atomic mass is 16.5. The molecule has 0 saturated carbocycles. The number of hydrogen-bond donors (Lipinski definition) is 0. The van der Waals surface area contributed by atoms with E-state index < -0.39 is 0 Å². The van der Waals surface area contributed by atoms with Crippen molar-refractivity contribution in [1.29, 1.82) is 0 Å². The summed E-state index contributed by atoms with van der Waals surface area (Å²) in [6.07, 6.45) is 8.12. The molecule has 0 saturated heterocycles. The van der Waals surface area contributed by atoms with Gasteiger partial charge in [-0.2, -0.15) is 0 Å². The van der Waals surface area contributed by atoms with Crippen LogP contribution in [0.1, 0.15) is 35.5 Å². The van der Waals surface area contributed by atoms with Crippen LogP contribution in [0.15, 0.2) is 48.8 Å². The lowest BCUT2D eigenvalue weighted by Crippen LogP contribution is -2.10. The molecule has 126 valence electrons. The second kappa shape index (κ2) is 7.01. The maximum atomic E-state index is 5.97. The van der Waals surface area contributed by atoms with Gasteiger partial charge >= 0.3 is 0 Å². The summed E-state index contributed by atoms with van der Waals surface area (Å²) in [6, 6.07) is 12.0. The maximum Gasteiger partial charge on any atom is 0.214 e. The predicted octanol–water partition coefficient (Wildman–Crippen LogP) is 4.30. The molecule has 0 spiro atoms. The Morgan fingerprint density at radius 3 is 2.68 bits per heavy atom. The van der Waals surface area contributed by atoms with Crippen LogP contribution in [-0.4, -0.2) is 15.0 Å². The summed E-state index contributed by atoms with van der Waals surface area (Å²) in [4.78, 5) is 13.5. The Balaban J connectivity index is 1.71. The van der Waals surface area contributed by atoms with Crippen molar-refractivity contribution < 1.29 is 4.74 Å². The minimum absolute atomic E-state index is 0.429. The number of hydrogen-bond acceptors (Lipinski definition) is 4. The zero-order valence-electron chi connectivity index (χ0n) is 14.4. The van der Waals surface area contributed by atoms with E-state index >= 15 is 0 Å². The molecule has 0 unspecified atom stereocenters. The third-order valence-corrected chi connectivity index (χ3v) is 4.67. The monoisotopic (exact) mass is 331 g/mol. The third kappa shape index (κ3) is 3.38. The van der Waals surface area contributed by atoms with Gasteiger partial charge in [-0.3, -0.25) is 9.97 Å². The van der Waals surface area contributed by atoms with E-state index in [1.165, 1.54) is 35.2 Å². The Morgan fingerprint density at radius 1 is 0.960 bits per heavy atom. The third-order valence-electron chi connectivity index (χ3n) is 4.67. The molecule has 0 amide bonds. The number of aryl methyl sites for hydroxylation is 2. The molecule has 0 fully saturated rings. The zero-order chi connectivity index (χ0) is 17.1. The maximum absolute atomic E-state index is 5.97. The van der Waals surface area contributed by atoms with E-state index in [-0.39, 0.29) is 0 Å². The lowest BCUT2D eigenvalue weighted by atomic mass is 9.89. The molecule has 4 rings (SSSR count). The molecule has 3 aromatic rings. The van der Waals surface area contributed by atoms with Gasteiger partial charge in [-0.05, 0) is 61.9 Å². The molecule has 0 aromatic carbocycles. The van der Waals surface area contributed by atoms with Crippen molar-refractivity contribution in [2.24, 2.45) is 0 Å². The number of nitrogens with zero attached hydrogens (tertiary/aromatic N) is 3. The van der Waals surface area contributed by atoms with E-state index in [0.717, 1.165) is 24.2 Å². The fourth-order valence-corrected chi connectivity index (χ4v) is 3.39. The van der Waals surface area contributed by atoms with Crippen molar-refractivity contribution in [1.82, 2.24) is 15.0 Å². The standard InChI is InChI=1S/C21H21N3O/c1-15-17(9-6-12-22-15)19-13-21(24-20-10-3-2-8-18(19)20)25-14-16-7-4-5-11-23-16/h4-7,9,11-13H,2-3,8,10,14H2,1H3. The molecule has 0 N–H and O–H groups in total. The van der Waals surface area contributed by atoms with Gasteiger partial charge in [0.1, 0.15) is 6.61 Å². The van der Waals surface area contributed by atoms with Crippen molar-refractivity contribution >= 4 is 0 Å². The van der Waals surface area contributed by atoms with Gasteiger partial charge in [-0.25, -0.2) is 4.98 Å². The molecule has 3 heterocycles. The molecule has 3 aromatic heterocycles. The smallest absolute Gasteiger partial charge is 0.214 e. The second-order valence-electron chi connectivity index (χ2n) is 6.39. The van der Waals surface area contributed by atoms with Crippen LogP contribution in [0.4, 0.5) is 0 Å². The van der Waals surface area contributed by atoms with E-state index in [9.17, 15) is 0 Å². The first kappa shape index (κ1) is 15.8. The van der Waals surface area contributed by atoms with E-state index in [1.54, 1.807) is 6.20 Å². The molecule has 25 heavy (non-hydrogen) atoms. The molecular weight excluding hydrogens is 310 g/mol. The number of rotatable bonds is 4. The predicted molar refractivity (Wildman–Crippen MR) is 97.4 cm³/mol. The van der Waals surface area contributed by atoms with Gasteiger partial charge < -0.3 is 4.74 Å². The Labute approximate surface area is 148 Å². The lowest BCUT2D eigenvalue weighted by Gasteiger charge is -2.21. The fourth-order valence-electron chi connectivity index (χ4n) is 3.39. The van der Waals surface area contributed by atoms with Crippen LogP contribution < -0.4 is 4.74 Å². The van der Waals surface area contributed by atoms with E-state index in [4.69, 9.17) is 9.72 Å². The fraction of sp³-hybridized carbons (Fsp3) is 0.286. The molecular formula is C21H21N3O. The summed E-state index contributed by atoms with van der Waals surface area (Å²) in [5, 5.41) is 0. The van der Waals surface area contributed by atoms with Crippen molar-refractivity contribution in [3.8, 4) is 17.0 Å². The first-order valence-electron chi connectivity index (χ1n) is 8.79. The van der Waals surface area contributed by atoms with Crippen LogP contribution in [0.25, 0.3) is 11.1 Å². The van der Waals surface area contributed by atoms with Crippen LogP contribution in [0.2, 0.25) is 0 Å². The van der Waals surface area contributed by atoms with Crippen molar-refractivity contribution in [2.75, 3.05) is 0 Å². The highest BCUT2D eigenvalue weighted by molar-refractivity contribution is 5.71. The number of ether oxygens (including phenoxy) is 1. The number of fused-ring (bicyclic) bond motifs is 1. The van der Waals surface area contributed by atoms with Crippen LogP contribution in [0, 0.1) is 6.92 Å². The second-order valence-corrected chi connectivity index (χ2v) is 6.39. The first-order chi connectivity index (χ1) is 12.3. The molecule has 1 aliphatic rings. The van der Waals surface area contributed by atoms with Crippen molar-refractivity contribution in [2.45, 2.75) is 39.2 Å². The van der Waals surface area contributed by atoms with Gasteiger partial charge in [0.2, 0.25) is 5.88 Å². The summed E-state index contributed by atoms with van der Waals surface area (Å²) in [6.45, 7) is 2.48. The average Bonchev–Trinajstić information content (AvgIpc) is 2.67. The molecule has 0 atom stereocenters. The van der Waals surface area contributed by atoms with Crippen LogP contribution >= 0.6 is 0 Å².